The number of hydrogen-bond acceptors (Lipinski definition) is 6. The maximum Gasteiger partial charge on any atom is 0.315 e. The van der Waals surface area contributed by atoms with Crippen molar-refractivity contribution >= 4 is 35.4 Å². The first kappa shape index (κ1) is 41.9. The van der Waals surface area contributed by atoms with Gasteiger partial charge in [-0.05, 0) is 76.7 Å². The lowest BCUT2D eigenvalue weighted by Crippen LogP contribution is -2.61. The Balaban J connectivity index is 2.18. The van der Waals surface area contributed by atoms with E-state index < -0.39 is 64.2 Å². The predicted octanol–water partition coefficient (Wildman–Crippen LogP) is 3.95. The Bertz CT molecular complexity index is 1380. The molecule has 1 heterocycles. The van der Waals surface area contributed by atoms with E-state index in [1.807, 2.05) is 99.6 Å². The normalized spacial score (nSPS) is 17.7. The summed E-state index contributed by atoms with van der Waals surface area (Å²) in [4.78, 5) is 81.6. The second kappa shape index (κ2) is 17.6. The minimum absolute atomic E-state index is 0.0254. The van der Waals surface area contributed by atoms with E-state index in [4.69, 9.17) is 0 Å². The van der Waals surface area contributed by atoms with Crippen LogP contribution in [0.3, 0.4) is 0 Å². The summed E-state index contributed by atoms with van der Waals surface area (Å²) in [6.07, 6.45) is 2.57. The lowest BCUT2D eigenvalue weighted by atomic mass is 9.84. The van der Waals surface area contributed by atoms with Gasteiger partial charge in [0.2, 0.25) is 23.5 Å². The first-order valence-corrected chi connectivity index (χ1v) is 17.6. The third-order valence-corrected chi connectivity index (χ3v) is 8.83. The zero-order valence-corrected chi connectivity index (χ0v) is 31.7. The number of benzene rings is 1. The molecule has 0 spiro atoms. The fraction of sp³-hybridized carbons (Fsp3) is 0.632. The Hall–Kier alpha value is -4.22. The lowest BCUT2D eigenvalue weighted by Gasteiger charge is -2.37. The van der Waals surface area contributed by atoms with Crippen molar-refractivity contribution in [2.75, 3.05) is 13.1 Å². The van der Waals surface area contributed by atoms with Crippen LogP contribution >= 0.6 is 0 Å². The molecule has 0 bridgehead atoms. The van der Waals surface area contributed by atoms with Gasteiger partial charge in [-0.1, -0.05) is 71.0 Å². The summed E-state index contributed by atoms with van der Waals surface area (Å²) in [7, 11) is 0. The van der Waals surface area contributed by atoms with Crippen molar-refractivity contribution in [2.45, 2.75) is 124 Å². The number of carbonyl (C=O) groups is 6. The quantitative estimate of drug-likeness (QED) is 0.138. The molecule has 1 fully saturated rings. The molecule has 0 radical (unpaired) electrons. The van der Waals surface area contributed by atoms with Crippen molar-refractivity contribution < 1.29 is 28.8 Å². The van der Waals surface area contributed by atoms with Crippen LogP contribution in [-0.2, 0) is 29.5 Å². The molecule has 6 amide bonds. The van der Waals surface area contributed by atoms with Gasteiger partial charge in [0.25, 0.3) is 5.91 Å². The molecule has 1 aromatic carbocycles. The van der Waals surface area contributed by atoms with Crippen molar-refractivity contribution in [1.82, 2.24) is 31.5 Å². The van der Waals surface area contributed by atoms with Gasteiger partial charge in [0.05, 0.1) is 11.6 Å². The summed E-state index contributed by atoms with van der Waals surface area (Å²) in [5.41, 5.74) is -0.923. The Morgan fingerprint density at radius 2 is 1.54 bits per heavy atom. The van der Waals surface area contributed by atoms with E-state index in [0.29, 0.717) is 19.4 Å². The molecule has 0 aromatic heterocycles. The maximum absolute atomic E-state index is 14.1. The Morgan fingerprint density at radius 1 is 0.920 bits per heavy atom. The van der Waals surface area contributed by atoms with Gasteiger partial charge >= 0.3 is 6.03 Å². The average Bonchev–Trinajstić information content (AvgIpc) is 3.46. The second-order valence-corrected chi connectivity index (χ2v) is 16.2. The number of likely N-dealkylation sites (tertiary alicyclic amines) is 1. The summed E-state index contributed by atoms with van der Waals surface area (Å²) in [5.74, 6) is -3.20. The molecule has 5 N–H and O–H groups in total. The molecular formula is C38H60N6O6. The molecule has 0 saturated carbocycles. The first-order chi connectivity index (χ1) is 23.1. The fourth-order valence-corrected chi connectivity index (χ4v) is 6.10. The molecule has 1 saturated heterocycles. The SMILES string of the molecule is C=CCCC(NC(=O)[C@@H]1C(C(C)C)CCN1C(=O)[C@@H](NC(=O)NC(C)(C)C)C(C)(C)C)C(=O)C(=O)NCCC(=O)NC(C)(C)c1ccccc1. The van der Waals surface area contributed by atoms with Crippen molar-refractivity contribution in [1.29, 1.82) is 0 Å². The number of hydrogen-bond donors (Lipinski definition) is 5. The minimum Gasteiger partial charge on any atom is -0.349 e. The van der Waals surface area contributed by atoms with Crippen LogP contribution in [0.4, 0.5) is 4.79 Å². The van der Waals surface area contributed by atoms with Crippen LogP contribution < -0.4 is 26.6 Å². The number of Topliss-reactive ketones (excluding diaryl/α,β-unsaturated/α-hetero) is 1. The molecule has 1 aliphatic rings. The highest BCUT2D eigenvalue weighted by molar-refractivity contribution is 6.38. The Morgan fingerprint density at radius 3 is 2.08 bits per heavy atom. The van der Waals surface area contributed by atoms with Crippen molar-refractivity contribution in [3.05, 3.63) is 48.6 Å². The fourth-order valence-electron chi connectivity index (χ4n) is 6.10. The van der Waals surface area contributed by atoms with Gasteiger partial charge in [-0.25, -0.2) is 4.79 Å². The predicted molar refractivity (Wildman–Crippen MR) is 195 cm³/mol. The van der Waals surface area contributed by atoms with Gasteiger partial charge < -0.3 is 31.5 Å². The third-order valence-electron chi connectivity index (χ3n) is 8.83. The van der Waals surface area contributed by atoms with Crippen LogP contribution in [0.1, 0.15) is 100 Å². The zero-order valence-electron chi connectivity index (χ0n) is 31.7. The molecule has 2 rings (SSSR count). The maximum atomic E-state index is 14.1. The summed E-state index contributed by atoms with van der Waals surface area (Å²) >= 11 is 0. The van der Waals surface area contributed by atoms with E-state index in [1.54, 1.807) is 6.08 Å². The molecule has 278 valence electrons. The monoisotopic (exact) mass is 696 g/mol. The molecule has 1 aromatic rings. The average molecular weight is 697 g/mol. The van der Waals surface area contributed by atoms with Crippen LogP contribution in [0.5, 0.6) is 0 Å². The van der Waals surface area contributed by atoms with Gasteiger partial charge in [0, 0.05) is 25.0 Å². The largest absolute Gasteiger partial charge is 0.349 e. The van der Waals surface area contributed by atoms with Gasteiger partial charge in [0.1, 0.15) is 12.1 Å². The number of urea groups is 1. The van der Waals surface area contributed by atoms with Crippen LogP contribution in [0.2, 0.25) is 0 Å². The standard InChI is InChI=1S/C38H60N6O6/c1-12-13-19-27(30(46)33(48)39-22-20-28(45)42-38(10,11)25-17-15-14-16-18-25)40-32(47)29-26(24(2)3)21-23-44(29)34(49)31(36(4,5)6)41-35(50)43-37(7,8)9/h12,14-18,24,26-27,29,31H,1,13,19-23H2,2-11H3,(H,39,48)(H,40,47)(H,42,45)(H2,41,43,50)/t26?,27?,29-,31+/m0/s1. The first-order valence-electron chi connectivity index (χ1n) is 17.6. The van der Waals surface area contributed by atoms with Crippen LogP contribution in [0.15, 0.2) is 43.0 Å². The topological polar surface area (TPSA) is 166 Å². The molecular weight excluding hydrogens is 636 g/mol. The number of rotatable bonds is 15. The number of allylic oxidation sites excluding steroid dienone is 1. The van der Waals surface area contributed by atoms with Gasteiger partial charge in [-0.2, -0.15) is 0 Å². The van der Waals surface area contributed by atoms with Gasteiger partial charge in [-0.15, -0.1) is 6.58 Å². The summed E-state index contributed by atoms with van der Waals surface area (Å²) < 4.78 is 0. The van der Waals surface area contributed by atoms with E-state index in [2.05, 4.69) is 33.2 Å². The van der Waals surface area contributed by atoms with Crippen molar-refractivity contribution in [3.8, 4) is 0 Å². The van der Waals surface area contributed by atoms with E-state index in [9.17, 15) is 28.8 Å². The summed E-state index contributed by atoms with van der Waals surface area (Å²) in [6.45, 7) is 22.7. The van der Waals surface area contributed by atoms with E-state index in [0.717, 1.165) is 5.56 Å². The molecule has 12 nitrogen and oxygen atoms in total. The number of amides is 6. The molecule has 0 aliphatic carbocycles. The smallest absolute Gasteiger partial charge is 0.315 e. The zero-order chi connectivity index (χ0) is 38.0. The minimum atomic E-state index is -1.18. The Kier molecular flexibility index (Phi) is 14.8. The van der Waals surface area contributed by atoms with Crippen LogP contribution in [0, 0.1) is 17.3 Å². The highest BCUT2D eigenvalue weighted by Gasteiger charge is 2.47. The highest BCUT2D eigenvalue weighted by Crippen LogP contribution is 2.33. The third kappa shape index (κ3) is 12.3. The molecule has 4 atom stereocenters. The Labute approximate surface area is 298 Å². The number of nitrogens with one attached hydrogen (secondary N) is 5. The second-order valence-electron chi connectivity index (χ2n) is 16.2. The summed E-state index contributed by atoms with van der Waals surface area (Å²) in [5, 5.41) is 13.9. The molecule has 1 aliphatic heterocycles. The van der Waals surface area contributed by atoms with Crippen LogP contribution in [0.25, 0.3) is 0 Å². The van der Waals surface area contributed by atoms with Gasteiger partial charge in [-0.3, -0.25) is 24.0 Å². The van der Waals surface area contributed by atoms with E-state index >= 15 is 0 Å². The summed E-state index contributed by atoms with van der Waals surface area (Å²) in [6, 6.07) is 5.96. The molecule has 2 unspecified atom stereocenters. The molecule has 50 heavy (non-hydrogen) atoms. The van der Waals surface area contributed by atoms with Gasteiger partial charge in [0.15, 0.2) is 0 Å². The lowest BCUT2D eigenvalue weighted by molar-refractivity contribution is -0.145. The number of carbonyl (C=O) groups excluding carboxylic acids is 6. The van der Waals surface area contributed by atoms with Crippen molar-refractivity contribution in [2.24, 2.45) is 17.3 Å². The van der Waals surface area contributed by atoms with Crippen molar-refractivity contribution in [3.63, 3.8) is 0 Å². The van der Waals surface area contributed by atoms with E-state index in [-0.39, 0.29) is 37.1 Å². The number of ketones is 1. The van der Waals surface area contributed by atoms with Crippen LogP contribution in [-0.4, -0.2) is 77.1 Å². The number of nitrogens with zero attached hydrogens (tertiary/aromatic N) is 1. The van der Waals surface area contributed by atoms with E-state index in [1.165, 1.54) is 4.90 Å². The molecule has 12 heteroatoms. The highest BCUT2D eigenvalue weighted by atomic mass is 16.2.